The fourth-order valence-corrected chi connectivity index (χ4v) is 4.22. The smallest absolute Gasteiger partial charge is 0.161 e. The van der Waals surface area contributed by atoms with E-state index in [0.29, 0.717) is 12.6 Å². The summed E-state index contributed by atoms with van der Waals surface area (Å²) in [6, 6.07) is 17.3. The summed E-state index contributed by atoms with van der Waals surface area (Å²) in [5, 5.41) is 3.47. The second kappa shape index (κ2) is 11.7. The van der Waals surface area contributed by atoms with Gasteiger partial charge in [-0.05, 0) is 42.0 Å². The minimum Gasteiger partial charge on any atom is -0.493 e. The highest BCUT2D eigenvalue weighted by atomic mass is 35.5. The van der Waals surface area contributed by atoms with E-state index in [2.05, 4.69) is 40.5 Å². The van der Waals surface area contributed by atoms with E-state index in [0.717, 1.165) is 49.2 Å². The molecule has 2 aromatic carbocycles. The second-order valence-electron chi connectivity index (χ2n) is 7.61. The molecule has 4 rings (SSSR count). The molecule has 1 N–H and O–H groups in total. The van der Waals surface area contributed by atoms with Gasteiger partial charge in [-0.1, -0.05) is 42.8 Å². The van der Waals surface area contributed by atoms with Gasteiger partial charge in [0.15, 0.2) is 11.5 Å². The van der Waals surface area contributed by atoms with Crippen molar-refractivity contribution >= 4 is 24.8 Å². The van der Waals surface area contributed by atoms with Gasteiger partial charge in [0, 0.05) is 32.2 Å². The molecule has 0 amide bonds. The first-order valence-electron chi connectivity index (χ1n) is 10.1. The Morgan fingerprint density at radius 1 is 1.00 bits per heavy atom. The lowest BCUT2D eigenvalue weighted by Crippen LogP contribution is -2.47. The maximum Gasteiger partial charge on any atom is 0.161 e. The highest BCUT2D eigenvalue weighted by molar-refractivity contribution is 5.85. The van der Waals surface area contributed by atoms with Gasteiger partial charge in [-0.15, -0.1) is 24.8 Å². The van der Waals surface area contributed by atoms with Gasteiger partial charge in [0.2, 0.25) is 0 Å². The highest BCUT2D eigenvalue weighted by Gasteiger charge is 2.34. The van der Waals surface area contributed by atoms with Gasteiger partial charge >= 0.3 is 0 Å². The van der Waals surface area contributed by atoms with E-state index < -0.39 is 0 Å². The van der Waals surface area contributed by atoms with Crippen molar-refractivity contribution in [1.29, 1.82) is 0 Å². The number of hydrogen-bond acceptors (Lipinski definition) is 4. The maximum atomic E-state index is 6.05. The fraction of sp³-hybridized carbons (Fsp3) is 0.478. The Balaban J connectivity index is 0.00000150. The predicted octanol–water partition coefficient (Wildman–Crippen LogP) is 4.86. The van der Waals surface area contributed by atoms with Gasteiger partial charge in [0.1, 0.15) is 6.61 Å². The molecular formula is C23H32Cl2N2O2. The number of rotatable bonds is 7. The van der Waals surface area contributed by atoms with Crippen LogP contribution in [0.15, 0.2) is 48.5 Å². The van der Waals surface area contributed by atoms with Crippen LogP contribution in [0.4, 0.5) is 0 Å². The molecular weight excluding hydrogens is 407 g/mol. The molecule has 0 radical (unpaired) electrons. The summed E-state index contributed by atoms with van der Waals surface area (Å²) in [6.45, 7) is 4.96. The zero-order valence-electron chi connectivity index (χ0n) is 17.0. The van der Waals surface area contributed by atoms with Gasteiger partial charge in [0.05, 0.1) is 7.11 Å². The van der Waals surface area contributed by atoms with Crippen LogP contribution in [0.25, 0.3) is 0 Å². The SMILES string of the molecule is COc1cc([C@H](C2CCC2)N2CCNCC2)ccc1OCc1ccccc1.Cl.Cl. The Morgan fingerprint density at radius 3 is 2.34 bits per heavy atom. The maximum absolute atomic E-state index is 6.05. The molecule has 2 aliphatic rings. The molecule has 0 bridgehead atoms. The topological polar surface area (TPSA) is 33.7 Å². The number of nitrogens with zero attached hydrogens (tertiary/aromatic N) is 1. The zero-order chi connectivity index (χ0) is 18.5. The Hall–Kier alpha value is -1.46. The Morgan fingerprint density at radius 2 is 1.72 bits per heavy atom. The number of nitrogens with one attached hydrogen (secondary N) is 1. The van der Waals surface area contributed by atoms with Crippen molar-refractivity contribution in [3.63, 3.8) is 0 Å². The molecule has 1 atom stereocenters. The summed E-state index contributed by atoms with van der Waals surface area (Å²) in [4.78, 5) is 2.65. The third kappa shape index (κ3) is 5.79. The Kier molecular flexibility index (Phi) is 9.57. The lowest BCUT2D eigenvalue weighted by Gasteiger charge is -2.43. The molecule has 160 valence electrons. The van der Waals surface area contributed by atoms with Crippen LogP contribution in [0.5, 0.6) is 11.5 Å². The van der Waals surface area contributed by atoms with Crippen LogP contribution in [0, 0.1) is 5.92 Å². The average molecular weight is 439 g/mol. The number of halogens is 2. The third-order valence-corrected chi connectivity index (χ3v) is 5.91. The molecule has 1 aliphatic carbocycles. The van der Waals surface area contributed by atoms with Crippen molar-refractivity contribution in [2.45, 2.75) is 31.9 Å². The molecule has 29 heavy (non-hydrogen) atoms. The molecule has 0 unspecified atom stereocenters. The number of benzene rings is 2. The van der Waals surface area contributed by atoms with Gasteiger partial charge in [-0.2, -0.15) is 0 Å². The average Bonchev–Trinajstić information content (AvgIpc) is 2.70. The first-order valence-corrected chi connectivity index (χ1v) is 10.1. The van der Waals surface area contributed by atoms with Gasteiger partial charge in [0.25, 0.3) is 0 Å². The first-order chi connectivity index (χ1) is 13.3. The van der Waals surface area contributed by atoms with E-state index in [9.17, 15) is 0 Å². The van der Waals surface area contributed by atoms with Gasteiger partial charge in [-0.25, -0.2) is 0 Å². The molecule has 0 spiro atoms. The Labute approximate surface area is 186 Å². The monoisotopic (exact) mass is 438 g/mol. The molecule has 1 saturated heterocycles. The van der Waals surface area contributed by atoms with Crippen LogP contribution in [0.2, 0.25) is 0 Å². The van der Waals surface area contributed by atoms with Crippen LogP contribution in [-0.2, 0) is 6.61 Å². The summed E-state index contributed by atoms with van der Waals surface area (Å²) >= 11 is 0. The summed E-state index contributed by atoms with van der Waals surface area (Å²) in [6.07, 6.45) is 4.04. The fourth-order valence-electron chi connectivity index (χ4n) is 4.22. The minimum atomic E-state index is 0. The zero-order valence-corrected chi connectivity index (χ0v) is 18.6. The summed E-state index contributed by atoms with van der Waals surface area (Å²) in [7, 11) is 1.73. The van der Waals surface area contributed by atoms with E-state index in [1.165, 1.54) is 24.8 Å². The van der Waals surface area contributed by atoms with E-state index in [1.54, 1.807) is 7.11 Å². The van der Waals surface area contributed by atoms with Crippen molar-refractivity contribution in [2.75, 3.05) is 33.3 Å². The normalized spacial score (nSPS) is 18.0. The lowest BCUT2D eigenvalue weighted by atomic mass is 9.76. The summed E-state index contributed by atoms with van der Waals surface area (Å²) < 4.78 is 11.7. The third-order valence-electron chi connectivity index (χ3n) is 5.91. The molecule has 0 aromatic heterocycles. The highest BCUT2D eigenvalue weighted by Crippen LogP contribution is 2.43. The molecule has 2 aromatic rings. The molecule has 6 heteroatoms. The summed E-state index contributed by atoms with van der Waals surface area (Å²) in [5.41, 5.74) is 2.53. The number of ether oxygens (including phenoxy) is 2. The van der Waals surface area contributed by atoms with Crippen LogP contribution < -0.4 is 14.8 Å². The van der Waals surface area contributed by atoms with Crippen molar-refractivity contribution in [3.05, 3.63) is 59.7 Å². The quantitative estimate of drug-likeness (QED) is 0.668. The van der Waals surface area contributed by atoms with Crippen molar-refractivity contribution in [2.24, 2.45) is 5.92 Å². The van der Waals surface area contributed by atoms with Crippen molar-refractivity contribution in [1.82, 2.24) is 10.2 Å². The van der Waals surface area contributed by atoms with E-state index in [-0.39, 0.29) is 24.8 Å². The van der Waals surface area contributed by atoms with Crippen LogP contribution in [0.1, 0.15) is 36.4 Å². The molecule has 1 aliphatic heterocycles. The molecule has 2 fully saturated rings. The molecule has 1 saturated carbocycles. The molecule has 4 nitrogen and oxygen atoms in total. The lowest BCUT2D eigenvalue weighted by molar-refractivity contribution is 0.0835. The van der Waals surface area contributed by atoms with E-state index >= 15 is 0 Å². The van der Waals surface area contributed by atoms with E-state index in [4.69, 9.17) is 9.47 Å². The second-order valence-corrected chi connectivity index (χ2v) is 7.61. The number of methoxy groups -OCH3 is 1. The number of piperazine rings is 1. The summed E-state index contributed by atoms with van der Waals surface area (Å²) in [5.74, 6) is 2.42. The minimum absolute atomic E-state index is 0. The van der Waals surface area contributed by atoms with Gasteiger partial charge in [-0.3, -0.25) is 4.90 Å². The van der Waals surface area contributed by atoms with Crippen molar-refractivity contribution in [3.8, 4) is 11.5 Å². The number of hydrogen-bond donors (Lipinski definition) is 1. The first kappa shape index (κ1) is 23.8. The van der Waals surface area contributed by atoms with Crippen LogP contribution in [0.3, 0.4) is 0 Å². The van der Waals surface area contributed by atoms with Crippen LogP contribution in [-0.4, -0.2) is 38.2 Å². The molecule has 1 heterocycles. The van der Waals surface area contributed by atoms with Gasteiger partial charge < -0.3 is 14.8 Å². The van der Waals surface area contributed by atoms with Crippen molar-refractivity contribution < 1.29 is 9.47 Å². The predicted molar refractivity (Wildman–Crippen MR) is 123 cm³/mol. The largest absolute Gasteiger partial charge is 0.493 e. The van der Waals surface area contributed by atoms with E-state index in [1.807, 2.05) is 18.2 Å². The van der Waals surface area contributed by atoms with Crippen LogP contribution >= 0.6 is 24.8 Å². The standard InChI is InChI=1S/C23H30N2O2.2ClH/c1-26-22-16-20(10-11-21(22)27-17-18-6-3-2-4-7-18)23(19-8-5-9-19)25-14-12-24-13-15-25;;/h2-4,6-7,10-11,16,19,23-24H,5,8-9,12-15,17H2,1H3;2*1H/t23-;;/m0../s1. The Bertz CT molecular complexity index is 735.